The fourth-order valence-electron chi connectivity index (χ4n) is 6.06. The molecule has 3 nitrogen and oxygen atoms in total. The summed E-state index contributed by atoms with van der Waals surface area (Å²) in [7, 11) is 0. The number of hydrogen-bond donors (Lipinski definition) is 2. The van der Waals surface area contributed by atoms with Gasteiger partial charge >= 0.3 is 0 Å². The summed E-state index contributed by atoms with van der Waals surface area (Å²) in [4.78, 5) is 0. The normalized spacial score (nSPS) is 37.2. The Morgan fingerprint density at radius 1 is 1.24 bits per heavy atom. The van der Waals surface area contributed by atoms with Crippen LogP contribution < -0.4 is 0 Å². The van der Waals surface area contributed by atoms with Crippen LogP contribution in [0.1, 0.15) is 85.5 Å². The number of allylic oxidation sites excluding steroid dienone is 4. The molecule has 3 heteroatoms. The van der Waals surface area contributed by atoms with Crippen molar-refractivity contribution in [3.05, 3.63) is 35.5 Å². The second-order valence-corrected chi connectivity index (χ2v) is 10.7. The zero-order valence-electron chi connectivity index (χ0n) is 19.0. The fourth-order valence-corrected chi connectivity index (χ4v) is 6.06. The number of rotatable bonds is 6. The molecule has 2 N–H and O–H groups in total. The van der Waals surface area contributed by atoms with Crippen LogP contribution in [-0.2, 0) is 4.74 Å². The molecule has 0 amide bonds. The molecule has 0 aromatic carbocycles. The van der Waals surface area contributed by atoms with Gasteiger partial charge in [0.2, 0.25) is 0 Å². The highest BCUT2D eigenvalue weighted by molar-refractivity contribution is 5.36. The van der Waals surface area contributed by atoms with Gasteiger partial charge in [0.05, 0.1) is 17.8 Å². The van der Waals surface area contributed by atoms with Gasteiger partial charge in [-0.15, -0.1) is 0 Å². The topological polar surface area (TPSA) is 49.7 Å². The molecule has 3 fully saturated rings. The van der Waals surface area contributed by atoms with E-state index in [2.05, 4.69) is 32.6 Å². The molecule has 0 spiro atoms. The Labute approximate surface area is 177 Å². The quantitative estimate of drug-likeness (QED) is 0.597. The van der Waals surface area contributed by atoms with E-state index in [4.69, 9.17) is 4.74 Å². The molecule has 0 unspecified atom stereocenters. The summed E-state index contributed by atoms with van der Waals surface area (Å²) in [5.41, 5.74) is 3.67. The zero-order valence-corrected chi connectivity index (χ0v) is 19.0. The van der Waals surface area contributed by atoms with Crippen molar-refractivity contribution in [3.8, 4) is 0 Å². The van der Waals surface area contributed by atoms with Crippen molar-refractivity contribution in [1.29, 1.82) is 0 Å². The minimum absolute atomic E-state index is 0.209. The molecule has 3 saturated carbocycles. The maximum absolute atomic E-state index is 10.0. The van der Waals surface area contributed by atoms with Crippen LogP contribution in [0.15, 0.2) is 35.5 Å². The van der Waals surface area contributed by atoms with Crippen molar-refractivity contribution in [2.24, 2.45) is 17.3 Å². The van der Waals surface area contributed by atoms with E-state index in [0.29, 0.717) is 30.3 Å². The molecule has 0 aromatic rings. The summed E-state index contributed by atoms with van der Waals surface area (Å²) >= 11 is 0. The summed E-state index contributed by atoms with van der Waals surface area (Å²) < 4.78 is 6.20. The second-order valence-electron chi connectivity index (χ2n) is 10.7. The van der Waals surface area contributed by atoms with Gasteiger partial charge in [-0.2, -0.15) is 0 Å². The summed E-state index contributed by atoms with van der Waals surface area (Å²) in [6.07, 6.45) is 14.0. The minimum atomic E-state index is -0.660. The van der Waals surface area contributed by atoms with Crippen molar-refractivity contribution >= 4 is 0 Å². The van der Waals surface area contributed by atoms with Crippen molar-refractivity contribution in [1.82, 2.24) is 0 Å². The van der Waals surface area contributed by atoms with Gasteiger partial charge in [-0.1, -0.05) is 36.8 Å². The molecule has 3 aliphatic carbocycles. The van der Waals surface area contributed by atoms with Gasteiger partial charge in [-0.05, 0) is 101 Å². The number of aliphatic hydroxyl groups excluding tert-OH is 1. The highest BCUT2D eigenvalue weighted by Gasteiger charge is 2.51. The molecule has 0 saturated heterocycles. The Balaban J connectivity index is 1.68. The summed E-state index contributed by atoms with van der Waals surface area (Å²) in [6, 6.07) is 0. The van der Waals surface area contributed by atoms with Crippen LogP contribution in [0.2, 0.25) is 0 Å². The maximum Gasteiger partial charge on any atom is 0.0613 e. The molecule has 29 heavy (non-hydrogen) atoms. The van der Waals surface area contributed by atoms with E-state index in [9.17, 15) is 10.2 Å². The van der Waals surface area contributed by atoms with Crippen LogP contribution >= 0.6 is 0 Å². The summed E-state index contributed by atoms with van der Waals surface area (Å²) in [5.74, 6) is 1.22. The molecule has 0 heterocycles. The smallest absolute Gasteiger partial charge is 0.0613 e. The first kappa shape index (κ1) is 22.8. The van der Waals surface area contributed by atoms with Gasteiger partial charge in [0, 0.05) is 6.61 Å². The van der Waals surface area contributed by atoms with Crippen molar-refractivity contribution in [3.63, 3.8) is 0 Å². The van der Waals surface area contributed by atoms with E-state index in [-0.39, 0.29) is 12.2 Å². The monoisotopic (exact) mass is 402 g/mol. The Morgan fingerprint density at radius 3 is 2.72 bits per heavy atom. The molecule has 5 atom stereocenters. The lowest BCUT2D eigenvalue weighted by Crippen LogP contribution is -2.39. The van der Waals surface area contributed by atoms with Gasteiger partial charge < -0.3 is 14.9 Å². The average Bonchev–Trinajstić information content (AvgIpc) is 2.99. The first-order chi connectivity index (χ1) is 13.6. The second kappa shape index (κ2) is 9.08. The molecule has 0 aromatic heterocycles. The minimum Gasteiger partial charge on any atom is -0.393 e. The zero-order chi connectivity index (χ0) is 21.2. The van der Waals surface area contributed by atoms with Crippen LogP contribution in [0.5, 0.6) is 0 Å². The lowest BCUT2D eigenvalue weighted by Gasteiger charge is -2.44. The average molecular weight is 403 g/mol. The van der Waals surface area contributed by atoms with Gasteiger partial charge in [0.1, 0.15) is 0 Å². The van der Waals surface area contributed by atoms with E-state index in [1.807, 2.05) is 13.8 Å². The van der Waals surface area contributed by atoms with E-state index in [1.54, 1.807) is 5.57 Å². The number of ether oxygens (including phenoxy) is 1. The summed E-state index contributed by atoms with van der Waals surface area (Å²) in [5, 5.41) is 20.0. The third-order valence-electron chi connectivity index (χ3n) is 7.89. The Hall–Kier alpha value is -0.900. The molecule has 164 valence electrons. The van der Waals surface area contributed by atoms with Gasteiger partial charge in [0.15, 0.2) is 0 Å². The van der Waals surface area contributed by atoms with Crippen molar-refractivity contribution in [2.75, 3.05) is 6.61 Å². The predicted octanol–water partition coefficient (Wildman–Crippen LogP) is 5.72. The van der Waals surface area contributed by atoms with E-state index in [0.717, 1.165) is 19.3 Å². The van der Waals surface area contributed by atoms with Crippen LogP contribution in [0, 0.1) is 17.3 Å². The van der Waals surface area contributed by atoms with Crippen molar-refractivity contribution in [2.45, 2.75) is 103 Å². The number of aliphatic hydroxyl groups is 2. The van der Waals surface area contributed by atoms with Crippen LogP contribution in [0.4, 0.5) is 0 Å². The largest absolute Gasteiger partial charge is 0.393 e. The van der Waals surface area contributed by atoms with Gasteiger partial charge in [0.25, 0.3) is 0 Å². The third kappa shape index (κ3) is 5.42. The van der Waals surface area contributed by atoms with Gasteiger partial charge in [-0.3, -0.25) is 0 Å². The van der Waals surface area contributed by atoms with Crippen molar-refractivity contribution < 1.29 is 14.9 Å². The highest BCUT2D eigenvalue weighted by atomic mass is 16.5. The van der Waals surface area contributed by atoms with E-state index >= 15 is 0 Å². The molecular formula is C26H42O3. The molecule has 0 radical (unpaired) electrons. The van der Waals surface area contributed by atoms with Crippen LogP contribution in [0.25, 0.3) is 0 Å². The standard InChI is InChI=1S/C26H42O3/c1-18-8-11-22(27)17-21(18)10-9-20-7-6-14-26(5)23(12-13-24(20)26)19(2)29-16-15-25(3,4)28/h9-10,19,22-24,27-28H,1,6-8,11-17H2,2-5H3/t19-,22-,23+,24-,26+/m0/s1. The molecule has 0 aliphatic heterocycles. The maximum atomic E-state index is 10.0. The lowest BCUT2D eigenvalue weighted by atomic mass is 9.62. The molecule has 3 rings (SSSR count). The first-order valence-electron chi connectivity index (χ1n) is 11.7. The Kier molecular flexibility index (Phi) is 7.13. The fraction of sp³-hybridized carbons (Fsp3) is 0.769. The highest BCUT2D eigenvalue weighted by Crippen LogP contribution is 2.58. The Morgan fingerprint density at radius 2 is 2.00 bits per heavy atom. The molecular weight excluding hydrogens is 360 g/mol. The number of hydrogen-bond acceptors (Lipinski definition) is 3. The van der Waals surface area contributed by atoms with E-state index in [1.165, 1.54) is 43.3 Å². The Bertz CT molecular complexity index is 653. The lowest BCUT2D eigenvalue weighted by molar-refractivity contribution is -0.0454. The third-order valence-corrected chi connectivity index (χ3v) is 7.89. The predicted molar refractivity (Wildman–Crippen MR) is 120 cm³/mol. The number of fused-ring (bicyclic) bond motifs is 1. The summed E-state index contributed by atoms with van der Waals surface area (Å²) in [6.45, 7) is 13.2. The first-order valence-corrected chi connectivity index (χ1v) is 11.7. The molecule has 3 aliphatic rings. The van der Waals surface area contributed by atoms with Gasteiger partial charge in [-0.25, -0.2) is 0 Å². The SMILES string of the molecule is C=C1CC[C@H](O)CC1=CC=C1CCC[C@]2(C)[C@@H]([C@H](C)OCCC(C)(C)O)CC[C@@H]12. The van der Waals surface area contributed by atoms with Crippen LogP contribution in [0.3, 0.4) is 0 Å². The van der Waals surface area contributed by atoms with E-state index < -0.39 is 5.60 Å². The molecule has 0 bridgehead atoms. The van der Waals surface area contributed by atoms with Crippen LogP contribution in [-0.4, -0.2) is 34.6 Å².